The summed E-state index contributed by atoms with van der Waals surface area (Å²) in [5.41, 5.74) is 3.87. The van der Waals surface area contributed by atoms with Gasteiger partial charge in [0.1, 0.15) is 0 Å². The lowest BCUT2D eigenvalue weighted by Gasteiger charge is -2.34. The van der Waals surface area contributed by atoms with E-state index in [1.807, 2.05) is 48.9 Å². The number of hydrogen-bond acceptors (Lipinski definition) is 6. The summed E-state index contributed by atoms with van der Waals surface area (Å²) < 4.78 is 1.96. The van der Waals surface area contributed by atoms with Crippen LogP contribution in [0, 0.1) is 13.8 Å². The van der Waals surface area contributed by atoms with E-state index in [2.05, 4.69) is 36.2 Å². The molecule has 2 aromatic heterocycles. The van der Waals surface area contributed by atoms with Gasteiger partial charge in [-0.2, -0.15) is 5.10 Å². The van der Waals surface area contributed by atoms with Crippen LogP contribution < -0.4 is 10.2 Å². The third kappa shape index (κ3) is 5.46. The molecule has 0 saturated carbocycles. The molecule has 0 unspecified atom stereocenters. The number of aryl methyl sites for hydroxylation is 2. The van der Waals surface area contributed by atoms with Gasteiger partial charge in [-0.05, 0) is 43.7 Å². The van der Waals surface area contributed by atoms with E-state index in [0.29, 0.717) is 18.7 Å². The number of piperazine rings is 1. The van der Waals surface area contributed by atoms with E-state index in [1.165, 1.54) is 0 Å². The van der Waals surface area contributed by atoms with Crippen LogP contribution in [-0.4, -0.2) is 69.8 Å². The molecule has 0 spiro atoms. The van der Waals surface area contributed by atoms with Gasteiger partial charge in [-0.1, -0.05) is 12.1 Å². The second kappa shape index (κ2) is 9.70. The van der Waals surface area contributed by atoms with Crippen LogP contribution in [0.25, 0.3) is 0 Å². The lowest BCUT2D eigenvalue weighted by molar-refractivity contribution is 0.0947. The molecule has 1 amide bonds. The average molecular weight is 420 g/mol. The Hall–Kier alpha value is -3.26. The second-order valence-electron chi connectivity index (χ2n) is 7.92. The Morgan fingerprint density at radius 1 is 1.03 bits per heavy atom. The molecule has 162 valence electrons. The van der Waals surface area contributed by atoms with Crippen LogP contribution in [0.2, 0.25) is 0 Å². The lowest BCUT2D eigenvalue weighted by atomic mass is 10.1. The first kappa shape index (κ1) is 21.0. The highest BCUT2D eigenvalue weighted by atomic mass is 16.1. The van der Waals surface area contributed by atoms with E-state index in [9.17, 15) is 4.79 Å². The number of amides is 1. The molecule has 0 aliphatic carbocycles. The maximum Gasteiger partial charge on any atom is 0.251 e. The molecule has 4 rings (SSSR count). The van der Waals surface area contributed by atoms with E-state index in [4.69, 9.17) is 0 Å². The van der Waals surface area contributed by atoms with Crippen molar-refractivity contribution in [3.63, 3.8) is 0 Å². The minimum absolute atomic E-state index is 0.0356. The van der Waals surface area contributed by atoms with E-state index in [-0.39, 0.29) is 5.91 Å². The molecule has 1 fully saturated rings. The Morgan fingerprint density at radius 2 is 1.81 bits per heavy atom. The van der Waals surface area contributed by atoms with Gasteiger partial charge in [0.2, 0.25) is 5.95 Å². The molecular formula is C23H29N7O. The molecule has 1 aliphatic heterocycles. The standard InChI is InChI=1S/C23H29N7O/c1-18-15-19(2)30(27-18)17-20-5-3-6-21(16-20)22(31)24-9-10-28-11-13-29(14-12-28)23-25-7-4-8-26-23/h3-8,15-16H,9-14,17H2,1-2H3,(H,24,31). The van der Waals surface area contributed by atoms with Gasteiger partial charge in [0.25, 0.3) is 5.91 Å². The van der Waals surface area contributed by atoms with E-state index >= 15 is 0 Å². The van der Waals surface area contributed by atoms with Crippen LogP contribution in [0.15, 0.2) is 48.8 Å². The number of aromatic nitrogens is 4. The highest BCUT2D eigenvalue weighted by molar-refractivity contribution is 5.94. The van der Waals surface area contributed by atoms with Gasteiger partial charge in [0.15, 0.2) is 0 Å². The molecule has 1 aromatic carbocycles. The minimum atomic E-state index is -0.0356. The molecule has 0 bridgehead atoms. The number of anilines is 1. The van der Waals surface area contributed by atoms with Crippen LogP contribution in [0.4, 0.5) is 5.95 Å². The second-order valence-corrected chi connectivity index (χ2v) is 7.92. The number of benzene rings is 1. The zero-order valence-corrected chi connectivity index (χ0v) is 18.2. The molecule has 1 aliphatic rings. The maximum absolute atomic E-state index is 12.6. The first-order valence-electron chi connectivity index (χ1n) is 10.7. The highest BCUT2D eigenvalue weighted by Crippen LogP contribution is 2.11. The Bertz CT molecular complexity index is 1010. The van der Waals surface area contributed by atoms with Crippen molar-refractivity contribution in [3.05, 3.63) is 71.3 Å². The summed E-state index contributed by atoms with van der Waals surface area (Å²) in [4.78, 5) is 25.8. The van der Waals surface area contributed by atoms with Crippen molar-refractivity contribution < 1.29 is 4.79 Å². The zero-order chi connectivity index (χ0) is 21.6. The smallest absolute Gasteiger partial charge is 0.251 e. The van der Waals surface area contributed by atoms with Gasteiger partial charge in [0.05, 0.1) is 12.2 Å². The number of nitrogens with one attached hydrogen (secondary N) is 1. The fourth-order valence-corrected chi connectivity index (χ4v) is 3.87. The van der Waals surface area contributed by atoms with Crippen molar-refractivity contribution in [1.29, 1.82) is 0 Å². The maximum atomic E-state index is 12.6. The third-order valence-corrected chi connectivity index (χ3v) is 5.55. The highest BCUT2D eigenvalue weighted by Gasteiger charge is 2.18. The van der Waals surface area contributed by atoms with Crippen LogP contribution in [0.1, 0.15) is 27.3 Å². The molecule has 8 heteroatoms. The topological polar surface area (TPSA) is 79.2 Å². The Labute approximate surface area is 182 Å². The monoisotopic (exact) mass is 419 g/mol. The van der Waals surface area contributed by atoms with E-state index in [1.54, 1.807) is 12.4 Å². The number of carbonyl (C=O) groups excluding carboxylic acids is 1. The summed E-state index contributed by atoms with van der Waals surface area (Å²) in [5, 5.41) is 7.56. The van der Waals surface area contributed by atoms with Crippen LogP contribution >= 0.6 is 0 Å². The van der Waals surface area contributed by atoms with Crippen molar-refractivity contribution in [2.45, 2.75) is 20.4 Å². The minimum Gasteiger partial charge on any atom is -0.351 e. The van der Waals surface area contributed by atoms with Gasteiger partial charge in [-0.15, -0.1) is 0 Å². The number of carbonyl (C=O) groups is 1. The van der Waals surface area contributed by atoms with Crippen molar-refractivity contribution in [3.8, 4) is 0 Å². The van der Waals surface area contributed by atoms with E-state index in [0.717, 1.165) is 55.6 Å². The molecule has 31 heavy (non-hydrogen) atoms. The predicted molar refractivity (Wildman–Crippen MR) is 120 cm³/mol. The largest absolute Gasteiger partial charge is 0.351 e. The van der Waals surface area contributed by atoms with Crippen molar-refractivity contribution >= 4 is 11.9 Å². The lowest BCUT2D eigenvalue weighted by Crippen LogP contribution is -2.49. The van der Waals surface area contributed by atoms with Crippen LogP contribution in [0.3, 0.4) is 0 Å². The first-order valence-corrected chi connectivity index (χ1v) is 10.7. The molecular weight excluding hydrogens is 390 g/mol. The Morgan fingerprint density at radius 3 is 2.52 bits per heavy atom. The van der Waals surface area contributed by atoms with Gasteiger partial charge in [-0.25, -0.2) is 9.97 Å². The molecule has 1 saturated heterocycles. The van der Waals surface area contributed by atoms with Crippen molar-refractivity contribution in [1.82, 2.24) is 30.0 Å². The molecule has 0 radical (unpaired) electrons. The third-order valence-electron chi connectivity index (χ3n) is 5.55. The average Bonchev–Trinajstić information content (AvgIpc) is 3.11. The van der Waals surface area contributed by atoms with Gasteiger partial charge >= 0.3 is 0 Å². The summed E-state index contributed by atoms with van der Waals surface area (Å²) in [7, 11) is 0. The number of hydrogen-bond donors (Lipinski definition) is 1. The van der Waals surface area contributed by atoms with Gasteiger partial charge in [-0.3, -0.25) is 14.4 Å². The predicted octanol–water partition coefficient (Wildman–Crippen LogP) is 1.89. The summed E-state index contributed by atoms with van der Waals surface area (Å²) >= 11 is 0. The molecule has 0 atom stereocenters. The van der Waals surface area contributed by atoms with Crippen LogP contribution in [-0.2, 0) is 6.54 Å². The Kier molecular flexibility index (Phi) is 6.57. The number of nitrogens with zero attached hydrogens (tertiary/aromatic N) is 6. The molecule has 8 nitrogen and oxygen atoms in total. The summed E-state index contributed by atoms with van der Waals surface area (Å²) in [6.07, 6.45) is 3.55. The SMILES string of the molecule is Cc1cc(C)n(Cc2cccc(C(=O)NCCN3CCN(c4ncccn4)CC3)c2)n1. The normalized spacial score (nSPS) is 14.6. The molecule has 1 N–H and O–H groups in total. The summed E-state index contributed by atoms with van der Waals surface area (Å²) in [6.45, 7) is 9.82. The zero-order valence-electron chi connectivity index (χ0n) is 18.2. The number of rotatable bonds is 7. The fourth-order valence-electron chi connectivity index (χ4n) is 3.87. The van der Waals surface area contributed by atoms with Gasteiger partial charge in [0, 0.05) is 62.9 Å². The Balaban J connectivity index is 1.24. The quantitative estimate of drug-likeness (QED) is 0.630. The van der Waals surface area contributed by atoms with Crippen molar-refractivity contribution in [2.24, 2.45) is 0 Å². The van der Waals surface area contributed by atoms with Gasteiger partial charge < -0.3 is 10.2 Å². The molecule has 3 heterocycles. The summed E-state index contributed by atoms with van der Waals surface area (Å²) in [5.74, 6) is 0.752. The molecule has 3 aromatic rings. The van der Waals surface area contributed by atoms with Crippen LogP contribution in [0.5, 0.6) is 0 Å². The fraction of sp³-hybridized carbons (Fsp3) is 0.391. The van der Waals surface area contributed by atoms with E-state index < -0.39 is 0 Å². The summed E-state index contributed by atoms with van der Waals surface area (Å²) in [6, 6.07) is 11.7. The van der Waals surface area contributed by atoms with Crippen molar-refractivity contribution in [2.75, 3.05) is 44.2 Å². The first-order chi connectivity index (χ1) is 15.1.